The van der Waals surface area contributed by atoms with E-state index in [1.807, 2.05) is 33.3 Å². The number of quaternary nitrogens is 1. The maximum absolute atomic E-state index is 13.5. The van der Waals surface area contributed by atoms with Gasteiger partial charge in [0.2, 0.25) is 5.91 Å². The van der Waals surface area contributed by atoms with Gasteiger partial charge in [0.1, 0.15) is 19.3 Å². The number of esters is 1. The molecular formula is C60H116N2O7P+. The van der Waals surface area contributed by atoms with Crippen LogP contribution in [0.15, 0.2) is 36.5 Å². The zero-order chi connectivity index (χ0) is 51.5. The van der Waals surface area contributed by atoms with E-state index < -0.39 is 20.0 Å². The number of likely N-dealkylation sites (N-methyl/N-ethyl adjacent to an activating group) is 1. The summed E-state index contributed by atoms with van der Waals surface area (Å²) in [6.45, 7) is 6.93. The van der Waals surface area contributed by atoms with Crippen LogP contribution in [0.5, 0.6) is 0 Å². The summed E-state index contributed by atoms with van der Waals surface area (Å²) >= 11 is 0. The third-order valence-electron chi connectivity index (χ3n) is 13.3. The van der Waals surface area contributed by atoms with E-state index in [4.69, 9.17) is 13.8 Å². The Bertz CT molecular complexity index is 1300. The minimum absolute atomic E-state index is 0.0406. The van der Waals surface area contributed by atoms with Crippen LogP contribution >= 0.6 is 7.82 Å². The van der Waals surface area contributed by atoms with Crippen molar-refractivity contribution < 1.29 is 37.3 Å². The van der Waals surface area contributed by atoms with Crippen LogP contribution in [0.25, 0.3) is 0 Å². The summed E-state index contributed by atoms with van der Waals surface area (Å²) in [6.07, 6.45) is 59.9. The first-order valence-corrected chi connectivity index (χ1v) is 31.3. The van der Waals surface area contributed by atoms with Gasteiger partial charge in [-0.05, 0) is 57.4 Å². The zero-order valence-electron chi connectivity index (χ0n) is 47.0. The van der Waals surface area contributed by atoms with Crippen LogP contribution in [0.1, 0.15) is 284 Å². The Morgan fingerprint density at radius 3 is 1.36 bits per heavy atom. The first-order chi connectivity index (χ1) is 33.9. The third-order valence-corrected chi connectivity index (χ3v) is 14.3. The van der Waals surface area contributed by atoms with Crippen molar-refractivity contribution in [1.29, 1.82) is 0 Å². The van der Waals surface area contributed by atoms with E-state index in [2.05, 4.69) is 50.4 Å². The molecule has 0 radical (unpaired) electrons. The summed E-state index contributed by atoms with van der Waals surface area (Å²) < 4.78 is 30.7. The Hall–Kier alpha value is -1.77. The van der Waals surface area contributed by atoms with Gasteiger partial charge in [0, 0.05) is 12.8 Å². The number of nitrogens with zero attached hydrogens (tertiary/aromatic N) is 1. The molecule has 0 bridgehead atoms. The van der Waals surface area contributed by atoms with Gasteiger partial charge in [0.05, 0.1) is 33.8 Å². The molecule has 0 spiro atoms. The van der Waals surface area contributed by atoms with E-state index in [1.165, 1.54) is 167 Å². The van der Waals surface area contributed by atoms with Crippen LogP contribution in [0.2, 0.25) is 0 Å². The van der Waals surface area contributed by atoms with Crippen molar-refractivity contribution in [1.82, 2.24) is 5.32 Å². The number of hydrogen-bond donors (Lipinski definition) is 2. The summed E-state index contributed by atoms with van der Waals surface area (Å²) in [5.41, 5.74) is 0. The summed E-state index contributed by atoms with van der Waals surface area (Å²) in [4.78, 5) is 37.6. The predicted octanol–water partition coefficient (Wildman–Crippen LogP) is 17.9. The van der Waals surface area contributed by atoms with Gasteiger partial charge in [-0.3, -0.25) is 18.6 Å². The van der Waals surface area contributed by atoms with Gasteiger partial charge in [-0.25, -0.2) is 4.57 Å². The third kappa shape index (κ3) is 51.1. The Balaban J connectivity index is 5.31. The number of carbonyl (C=O) groups excluding carboxylic acids is 2. The minimum atomic E-state index is -4.44. The van der Waals surface area contributed by atoms with Crippen molar-refractivity contribution in [3.63, 3.8) is 0 Å². The number of carbonyl (C=O) groups is 2. The fourth-order valence-electron chi connectivity index (χ4n) is 8.74. The van der Waals surface area contributed by atoms with E-state index >= 15 is 0 Å². The summed E-state index contributed by atoms with van der Waals surface area (Å²) in [7, 11) is 1.50. The molecule has 0 rings (SSSR count). The second-order valence-corrected chi connectivity index (χ2v) is 23.0. The van der Waals surface area contributed by atoms with Crippen LogP contribution in [0, 0.1) is 0 Å². The highest BCUT2D eigenvalue weighted by Crippen LogP contribution is 2.43. The molecule has 412 valence electrons. The van der Waals surface area contributed by atoms with Gasteiger partial charge in [-0.1, -0.05) is 250 Å². The van der Waals surface area contributed by atoms with Gasteiger partial charge in [-0.2, -0.15) is 0 Å². The zero-order valence-corrected chi connectivity index (χ0v) is 47.9. The van der Waals surface area contributed by atoms with Crippen LogP contribution in [-0.2, 0) is 27.9 Å². The van der Waals surface area contributed by atoms with Crippen LogP contribution in [0.4, 0.5) is 0 Å². The van der Waals surface area contributed by atoms with Crippen molar-refractivity contribution in [2.24, 2.45) is 0 Å². The molecule has 3 atom stereocenters. The van der Waals surface area contributed by atoms with Gasteiger partial charge >= 0.3 is 13.8 Å². The molecule has 70 heavy (non-hydrogen) atoms. The quantitative estimate of drug-likeness (QED) is 0.0205. The lowest BCUT2D eigenvalue weighted by Gasteiger charge is -2.27. The van der Waals surface area contributed by atoms with E-state index in [1.54, 1.807) is 0 Å². The van der Waals surface area contributed by atoms with Gasteiger partial charge in [0.25, 0.3) is 0 Å². The number of rotatable bonds is 54. The minimum Gasteiger partial charge on any atom is -0.456 e. The van der Waals surface area contributed by atoms with Gasteiger partial charge in [0.15, 0.2) is 0 Å². The number of phosphoric ester groups is 1. The topological polar surface area (TPSA) is 111 Å². The fourth-order valence-corrected chi connectivity index (χ4v) is 9.48. The second kappa shape index (κ2) is 50.7. The van der Waals surface area contributed by atoms with E-state index in [0.29, 0.717) is 23.9 Å². The number of ether oxygens (including phenoxy) is 1. The molecule has 0 aromatic carbocycles. The van der Waals surface area contributed by atoms with E-state index in [9.17, 15) is 19.0 Å². The highest BCUT2D eigenvalue weighted by Gasteiger charge is 2.30. The number of allylic oxidation sites excluding steroid dienone is 5. The van der Waals surface area contributed by atoms with Gasteiger partial charge in [-0.15, -0.1) is 0 Å². The molecular weight excluding hydrogens is 892 g/mol. The number of phosphoric acid groups is 1. The van der Waals surface area contributed by atoms with Crippen LogP contribution < -0.4 is 5.32 Å². The van der Waals surface area contributed by atoms with Crippen LogP contribution in [-0.4, -0.2) is 74.3 Å². The highest BCUT2D eigenvalue weighted by atomic mass is 31.2. The monoisotopic (exact) mass is 1010 g/mol. The number of unbranched alkanes of at least 4 members (excludes halogenated alkanes) is 34. The number of nitrogens with one attached hydrogen (secondary N) is 1. The standard InChI is InChI=1S/C60H115N2O7P/c1-7-10-13-16-19-22-25-28-30-31-32-35-38-41-44-47-50-53-60(64)69-58(51-48-45-42-39-36-33-27-24-21-18-15-12-9-3)57(56-68-70(65,66)67-55-54-62(4,5)6)61-59(63)52-49-46-43-40-37-34-29-26-23-20-17-14-11-8-2/h11,14,20,23,48,51,57-58H,7-10,12-13,15-19,21-22,24-47,49-50,52-56H2,1-6H3,(H-,61,63,65,66)/p+1/b14-11+,23-20+,51-48+. The normalized spacial score (nSPS) is 14.0. The second-order valence-electron chi connectivity index (χ2n) is 21.5. The first-order valence-electron chi connectivity index (χ1n) is 29.8. The smallest absolute Gasteiger partial charge is 0.456 e. The highest BCUT2D eigenvalue weighted by molar-refractivity contribution is 7.47. The predicted molar refractivity (Wildman–Crippen MR) is 300 cm³/mol. The van der Waals surface area contributed by atoms with E-state index in [-0.39, 0.29) is 25.1 Å². The Morgan fingerprint density at radius 1 is 0.514 bits per heavy atom. The Morgan fingerprint density at radius 2 is 0.914 bits per heavy atom. The van der Waals surface area contributed by atoms with Crippen LogP contribution in [0.3, 0.4) is 0 Å². The molecule has 2 N–H and O–H groups in total. The van der Waals surface area contributed by atoms with Crippen molar-refractivity contribution in [2.45, 2.75) is 296 Å². The molecule has 0 saturated heterocycles. The van der Waals surface area contributed by atoms with E-state index in [0.717, 1.165) is 83.5 Å². The summed E-state index contributed by atoms with van der Waals surface area (Å²) in [6, 6.07) is -0.847. The number of hydrogen-bond acceptors (Lipinski definition) is 6. The Labute approximate surface area is 434 Å². The van der Waals surface area contributed by atoms with Crippen molar-refractivity contribution in [2.75, 3.05) is 40.9 Å². The summed E-state index contributed by atoms with van der Waals surface area (Å²) in [5.74, 6) is -0.503. The average molecular weight is 1010 g/mol. The van der Waals surface area contributed by atoms with Crippen molar-refractivity contribution >= 4 is 19.7 Å². The molecule has 0 aliphatic carbocycles. The maximum atomic E-state index is 13.5. The lowest BCUT2D eigenvalue weighted by atomic mass is 10.0. The SMILES string of the molecule is CC/C=C/C/C=C/CCCCCCCCCC(=O)NC(COP(=O)(O)OCC[N+](C)(C)C)C(/C=C/CCCCCCCCCCCCC)OC(=O)CCCCCCCCCCCCCCCCCCC. The molecule has 9 nitrogen and oxygen atoms in total. The molecule has 0 aliphatic rings. The lowest BCUT2D eigenvalue weighted by molar-refractivity contribution is -0.870. The molecule has 3 unspecified atom stereocenters. The Kier molecular flexibility index (Phi) is 49.5. The molecule has 1 amide bonds. The molecule has 0 heterocycles. The van der Waals surface area contributed by atoms with Crippen molar-refractivity contribution in [3.05, 3.63) is 36.5 Å². The fraction of sp³-hybridized carbons (Fsp3) is 0.867. The first kappa shape index (κ1) is 68.2. The molecule has 10 heteroatoms. The largest absolute Gasteiger partial charge is 0.472 e. The molecule has 0 fully saturated rings. The summed E-state index contributed by atoms with van der Waals surface area (Å²) in [5, 5.41) is 3.05. The molecule has 0 aromatic heterocycles. The lowest BCUT2D eigenvalue weighted by Crippen LogP contribution is -2.47. The molecule has 0 aliphatic heterocycles. The maximum Gasteiger partial charge on any atom is 0.472 e. The van der Waals surface area contributed by atoms with Crippen molar-refractivity contribution in [3.8, 4) is 0 Å². The van der Waals surface area contributed by atoms with Gasteiger partial charge < -0.3 is 19.4 Å². The average Bonchev–Trinajstić information content (AvgIpc) is 3.32. The number of amides is 1. The molecule has 0 saturated carbocycles. The molecule has 0 aromatic rings.